The predicted octanol–water partition coefficient (Wildman–Crippen LogP) is 1.66. The number of hydrogen-bond donors (Lipinski definition) is 1. The normalized spacial score (nSPS) is 11.0. The molecule has 0 radical (unpaired) electrons. The molecule has 0 aliphatic rings. The molecule has 0 aromatic rings. The minimum atomic E-state index is -1.84. The Morgan fingerprint density at radius 3 is 2.00 bits per heavy atom. The van der Waals surface area contributed by atoms with E-state index in [1.54, 1.807) is 0 Å². The third kappa shape index (κ3) is 14.2. The highest BCUT2D eigenvalue weighted by Crippen LogP contribution is 2.25. The molecule has 1 unspecified atom stereocenters. The summed E-state index contributed by atoms with van der Waals surface area (Å²) in [5, 5.41) is 0. The molecule has 0 aliphatic carbocycles. The molecule has 0 bridgehead atoms. The summed E-state index contributed by atoms with van der Waals surface area (Å²) < 4.78 is 10.7. The molecule has 0 amide bonds. The first kappa shape index (κ1) is 4.80. The van der Waals surface area contributed by atoms with Crippen LogP contribution in [0.3, 0.4) is 0 Å². The summed E-state index contributed by atoms with van der Waals surface area (Å²) in [6.07, 6.45) is -1.84. The van der Waals surface area contributed by atoms with Gasteiger partial charge in [0.25, 0.3) is 0 Å². The van der Waals surface area contributed by atoms with Crippen molar-refractivity contribution in [1.82, 2.24) is 0 Å². The van der Waals surface area contributed by atoms with Gasteiger partial charge in [-0.05, 0) is 0 Å². The lowest BCUT2D eigenvalue weighted by molar-refractivity contribution is 0.934. The van der Waals surface area contributed by atoms with E-state index in [2.05, 4.69) is 24.1 Å². The second-order valence-electron chi connectivity index (χ2n) is 0.226. The lowest BCUT2D eigenvalue weighted by atomic mass is 18.9. The molecular formula is HFPS2+. The minimum Gasteiger partial charge on any atom is 0.0353 e. The summed E-state index contributed by atoms with van der Waals surface area (Å²) >= 11 is 7.06. The molecule has 0 spiro atoms. The van der Waals surface area contributed by atoms with Gasteiger partial charge in [0.1, 0.15) is 12.2 Å². The third-order valence-electron chi connectivity index (χ3n) is 0. The minimum absolute atomic E-state index is 1.84. The second kappa shape index (κ2) is 2.06. The highest BCUT2D eigenvalue weighted by atomic mass is 32.9. The molecule has 1 atom stereocenters. The molecule has 0 aromatic carbocycles. The second-order valence-corrected chi connectivity index (χ2v) is 3.51. The van der Waals surface area contributed by atoms with Gasteiger partial charge in [0.05, 0.1) is 0 Å². The fourth-order valence-corrected chi connectivity index (χ4v) is 0. The topological polar surface area (TPSA) is 0 Å². The van der Waals surface area contributed by atoms with E-state index in [1.807, 2.05) is 0 Å². The van der Waals surface area contributed by atoms with Crippen LogP contribution in [0.2, 0.25) is 0 Å². The van der Waals surface area contributed by atoms with E-state index in [0.717, 1.165) is 0 Å². The summed E-state index contributed by atoms with van der Waals surface area (Å²) in [6.45, 7) is 0. The first-order valence-corrected chi connectivity index (χ1v) is 3.95. The number of rotatable bonds is 0. The number of halogens is 1. The van der Waals surface area contributed by atoms with Gasteiger partial charge in [0.2, 0.25) is 11.8 Å². The van der Waals surface area contributed by atoms with Gasteiger partial charge in [-0.1, -0.05) is 0 Å². The maximum atomic E-state index is 10.7. The number of hydrogen-bond acceptors (Lipinski definition) is 1. The zero-order valence-electron chi connectivity index (χ0n) is 1.68. The Kier molecular flexibility index (Phi) is 2.48. The van der Waals surface area contributed by atoms with E-state index in [9.17, 15) is 4.20 Å². The molecule has 0 heterocycles. The smallest absolute Gasteiger partial charge is 0.0353 e. The molecule has 0 fully saturated rings. The summed E-state index contributed by atoms with van der Waals surface area (Å²) in [5.41, 5.74) is 0. The lowest BCUT2D eigenvalue weighted by Gasteiger charge is -1.31. The first-order valence-electron chi connectivity index (χ1n) is 0.552. The van der Waals surface area contributed by atoms with Crippen molar-refractivity contribution >= 4 is 30.3 Å². The van der Waals surface area contributed by atoms with E-state index in [0.29, 0.717) is 0 Å². The van der Waals surface area contributed by atoms with Crippen molar-refractivity contribution in [2.75, 3.05) is 0 Å². The maximum Gasteiger partial charge on any atom is 0.466 e. The highest BCUT2D eigenvalue weighted by Gasteiger charge is 1.88. The number of thiol groups is 1. The van der Waals surface area contributed by atoms with Crippen LogP contribution in [0.4, 0.5) is 4.20 Å². The Balaban J connectivity index is 2.80. The van der Waals surface area contributed by atoms with E-state index in [-0.39, 0.29) is 0 Å². The first-order chi connectivity index (χ1) is 1.73. The summed E-state index contributed by atoms with van der Waals surface area (Å²) in [4.78, 5) is 0. The molecule has 0 rings (SSSR count). The van der Waals surface area contributed by atoms with Crippen molar-refractivity contribution in [3.8, 4) is 0 Å². The summed E-state index contributed by atoms with van der Waals surface area (Å²) in [7, 11) is 0. The molecule has 0 saturated carbocycles. The van der Waals surface area contributed by atoms with Crippen molar-refractivity contribution in [1.29, 1.82) is 0 Å². The Morgan fingerprint density at radius 1 is 2.00 bits per heavy atom. The molecule has 0 nitrogen and oxygen atoms in total. The monoisotopic (exact) mass is 115 g/mol. The van der Waals surface area contributed by atoms with Gasteiger partial charge in [0.15, 0.2) is 0 Å². The van der Waals surface area contributed by atoms with Gasteiger partial charge < -0.3 is 0 Å². The Bertz CT molecular complexity index is 29.0. The summed E-state index contributed by atoms with van der Waals surface area (Å²) in [5.74, 6) is 0. The molecule has 0 aliphatic heterocycles. The van der Waals surface area contributed by atoms with Crippen LogP contribution in [0.25, 0.3) is 0 Å². The maximum absolute atomic E-state index is 10.7. The third-order valence-corrected chi connectivity index (χ3v) is 0. The molecule has 4 heavy (non-hydrogen) atoms. The van der Waals surface area contributed by atoms with Gasteiger partial charge >= 0.3 is 6.21 Å². The molecular weight excluding hydrogens is 114 g/mol. The molecule has 0 saturated heterocycles. The van der Waals surface area contributed by atoms with Crippen molar-refractivity contribution in [3.05, 3.63) is 0 Å². The van der Waals surface area contributed by atoms with Crippen LogP contribution < -0.4 is 0 Å². The molecule has 4 heteroatoms. The molecule has 24 valence electrons. The zero-order chi connectivity index (χ0) is 3.58. The van der Waals surface area contributed by atoms with Crippen LogP contribution in [0.1, 0.15) is 0 Å². The lowest BCUT2D eigenvalue weighted by Crippen LogP contribution is -0.978. The zero-order valence-corrected chi connectivity index (χ0v) is 4.29. The Hall–Kier alpha value is 0.800. The highest BCUT2D eigenvalue weighted by molar-refractivity contribution is 8.54. The van der Waals surface area contributed by atoms with Crippen molar-refractivity contribution in [2.45, 2.75) is 0 Å². The van der Waals surface area contributed by atoms with Crippen molar-refractivity contribution < 1.29 is 4.20 Å². The predicted molar refractivity (Wildman–Crippen MR) is 24.4 cm³/mol. The quantitative estimate of drug-likeness (QED) is 0.370. The standard InChI is InChI=1S/FPS2/c1-2(3)4/p+1. The Morgan fingerprint density at radius 2 is 2.00 bits per heavy atom. The van der Waals surface area contributed by atoms with Gasteiger partial charge in [0, 0.05) is 4.20 Å². The molecule has 0 aromatic heterocycles. The van der Waals surface area contributed by atoms with Crippen molar-refractivity contribution in [3.63, 3.8) is 0 Å². The van der Waals surface area contributed by atoms with Gasteiger partial charge in [-0.2, -0.15) is 0 Å². The van der Waals surface area contributed by atoms with Crippen molar-refractivity contribution in [2.24, 2.45) is 0 Å². The van der Waals surface area contributed by atoms with Gasteiger partial charge in [-0.3, -0.25) is 0 Å². The molecule has 0 N–H and O–H groups in total. The average molecular weight is 115 g/mol. The van der Waals surface area contributed by atoms with Crippen LogP contribution in [0.5, 0.6) is 0 Å². The Labute approximate surface area is 35.1 Å². The van der Waals surface area contributed by atoms with Gasteiger partial charge in [-0.15, -0.1) is 0 Å². The van der Waals surface area contributed by atoms with Crippen LogP contribution in [-0.4, -0.2) is 0 Å². The fraction of sp³-hybridized carbons (Fsp3) is 0. The van der Waals surface area contributed by atoms with Crippen LogP contribution in [-0.2, 0) is 11.8 Å². The summed E-state index contributed by atoms with van der Waals surface area (Å²) in [6, 6.07) is 0. The SMILES string of the molecule is F[P+](=S)S. The average Bonchev–Trinajstić information content (AvgIpc) is 0.811. The van der Waals surface area contributed by atoms with Gasteiger partial charge in [-0.25, -0.2) is 0 Å². The van der Waals surface area contributed by atoms with Crippen LogP contribution in [0.15, 0.2) is 0 Å². The van der Waals surface area contributed by atoms with E-state index >= 15 is 0 Å². The van der Waals surface area contributed by atoms with Crippen LogP contribution in [0, 0.1) is 0 Å². The van der Waals surface area contributed by atoms with Crippen LogP contribution >= 0.6 is 18.5 Å². The van der Waals surface area contributed by atoms with E-state index < -0.39 is 6.21 Å². The fourth-order valence-electron chi connectivity index (χ4n) is 0. The van der Waals surface area contributed by atoms with E-state index in [4.69, 9.17) is 0 Å². The van der Waals surface area contributed by atoms with E-state index in [1.165, 1.54) is 0 Å². The largest absolute Gasteiger partial charge is 0.466 e.